The molecule has 1 saturated heterocycles. The Labute approximate surface area is 274 Å². The first-order chi connectivity index (χ1) is 23.1. The molecule has 1 fully saturated rings. The summed E-state index contributed by atoms with van der Waals surface area (Å²) in [5, 5.41) is 12.1. The molecule has 12 heteroatoms. The first-order valence-corrected chi connectivity index (χ1v) is 15.2. The molecule has 0 radical (unpaired) electrons. The SMILES string of the molecule is CNC(=O)c1ccc(C(F)(F)F)cc1-c1cccnc1Oc1cccc2c1cc(C(=O)N1CCN(Cc3ccc(C#N)cc3)CC1)n2C. The number of aryl methyl sites for hydroxylation is 1. The summed E-state index contributed by atoms with van der Waals surface area (Å²) in [6.07, 6.45) is -3.18. The third-order valence-corrected chi connectivity index (χ3v) is 8.50. The molecule has 1 N–H and O–H groups in total. The number of alkyl halides is 3. The minimum atomic E-state index is -4.63. The Hall–Kier alpha value is -5.67. The number of carbonyl (C=O) groups is 2. The molecule has 3 heterocycles. The Morgan fingerprint density at radius 1 is 0.958 bits per heavy atom. The summed E-state index contributed by atoms with van der Waals surface area (Å²) in [6, 6.07) is 22.7. The topological polar surface area (TPSA) is 103 Å². The summed E-state index contributed by atoms with van der Waals surface area (Å²) < 4.78 is 49.2. The minimum Gasteiger partial charge on any atom is -0.438 e. The molecule has 0 spiro atoms. The number of aromatic nitrogens is 2. The third kappa shape index (κ3) is 6.45. The van der Waals surface area contributed by atoms with E-state index in [9.17, 15) is 22.8 Å². The van der Waals surface area contributed by atoms with Crippen LogP contribution in [0.5, 0.6) is 11.6 Å². The second-order valence-electron chi connectivity index (χ2n) is 11.5. The van der Waals surface area contributed by atoms with Crippen LogP contribution in [0.25, 0.3) is 22.0 Å². The molecule has 1 aliphatic rings. The lowest BCUT2D eigenvalue weighted by atomic mass is 9.97. The lowest BCUT2D eigenvalue weighted by Crippen LogP contribution is -2.48. The molecule has 0 aliphatic carbocycles. The Bertz CT molecular complexity index is 2040. The molecule has 0 atom stereocenters. The Kier molecular flexibility index (Phi) is 8.88. The van der Waals surface area contributed by atoms with Gasteiger partial charge in [-0.15, -0.1) is 0 Å². The lowest BCUT2D eigenvalue weighted by Gasteiger charge is -2.34. The van der Waals surface area contributed by atoms with E-state index >= 15 is 0 Å². The highest BCUT2D eigenvalue weighted by Crippen LogP contribution is 2.39. The smallest absolute Gasteiger partial charge is 0.416 e. The number of ether oxygens (including phenoxy) is 1. The number of piperazine rings is 1. The zero-order valence-corrected chi connectivity index (χ0v) is 26.2. The fourth-order valence-electron chi connectivity index (χ4n) is 5.90. The maximum atomic E-state index is 13.8. The highest BCUT2D eigenvalue weighted by Gasteiger charge is 2.32. The molecule has 244 valence electrons. The van der Waals surface area contributed by atoms with Gasteiger partial charge in [-0.25, -0.2) is 4.98 Å². The van der Waals surface area contributed by atoms with Gasteiger partial charge in [-0.3, -0.25) is 14.5 Å². The molecule has 1 aliphatic heterocycles. The number of nitriles is 1. The second-order valence-corrected chi connectivity index (χ2v) is 11.5. The van der Waals surface area contributed by atoms with Gasteiger partial charge in [0.2, 0.25) is 5.88 Å². The fourth-order valence-corrected chi connectivity index (χ4v) is 5.90. The van der Waals surface area contributed by atoms with E-state index in [1.807, 2.05) is 23.1 Å². The zero-order valence-electron chi connectivity index (χ0n) is 26.2. The van der Waals surface area contributed by atoms with Crippen LogP contribution in [-0.4, -0.2) is 64.4 Å². The van der Waals surface area contributed by atoms with Crippen molar-refractivity contribution in [2.45, 2.75) is 12.7 Å². The number of nitrogens with one attached hydrogen (secondary N) is 1. The molecule has 0 bridgehead atoms. The molecule has 0 saturated carbocycles. The number of nitrogens with zero attached hydrogens (tertiary/aromatic N) is 5. The zero-order chi connectivity index (χ0) is 34.0. The van der Waals surface area contributed by atoms with Crippen molar-refractivity contribution >= 4 is 22.7 Å². The second kappa shape index (κ2) is 13.2. The number of fused-ring (bicyclic) bond motifs is 1. The monoisotopic (exact) mass is 652 g/mol. The van der Waals surface area contributed by atoms with Gasteiger partial charge in [-0.1, -0.05) is 18.2 Å². The van der Waals surface area contributed by atoms with Crippen molar-refractivity contribution in [3.05, 3.63) is 113 Å². The first-order valence-electron chi connectivity index (χ1n) is 15.2. The van der Waals surface area contributed by atoms with E-state index in [1.165, 1.54) is 13.2 Å². The molecule has 48 heavy (non-hydrogen) atoms. The molecule has 6 rings (SSSR count). The van der Waals surface area contributed by atoms with E-state index in [0.29, 0.717) is 48.6 Å². The molecule has 2 aromatic heterocycles. The van der Waals surface area contributed by atoms with E-state index in [0.717, 1.165) is 35.8 Å². The van der Waals surface area contributed by atoms with Crippen LogP contribution in [0.3, 0.4) is 0 Å². The maximum absolute atomic E-state index is 13.8. The van der Waals surface area contributed by atoms with Gasteiger partial charge in [0.15, 0.2) is 0 Å². The predicted molar refractivity (Wildman–Crippen MR) is 173 cm³/mol. The van der Waals surface area contributed by atoms with E-state index in [1.54, 1.807) is 54.1 Å². The Balaban J connectivity index is 1.26. The van der Waals surface area contributed by atoms with Crippen LogP contribution in [0.15, 0.2) is 85.1 Å². The summed E-state index contributed by atoms with van der Waals surface area (Å²) >= 11 is 0. The number of rotatable bonds is 7. The van der Waals surface area contributed by atoms with E-state index in [4.69, 9.17) is 10.00 Å². The van der Waals surface area contributed by atoms with Gasteiger partial charge < -0.3 is 19.5 Å². The molecule has 5 aromatic rings. The first kappa shape index (κ1) is 32.3. The average Bonchev–Trinajstić information content (AvgIpc) is 3.44. The summed E-state index contributed by atoms with van der Waals surface area (Å²) in [6.45, 7) is 3.20. The Morgan fingerprint density at radius 3 is 2.40 bits per heavy atom. The van der Waals surface area contributed by atoms with Crippen molar-refractivity contribution in [3.63, 3.8) is 0 Å². The van der Waals surface area contributed by atoms with Crippen LogP contribution < -0.4 is 10.1 Å². The maximum Gasteiger partial charge on any atom is 0.416 e. The molecule has 0 unspecified atom stereocenters. The molecular weight excluding hydrogens is 621 g/mol. The highest BCUT2D eigenvalue weighted by molar-refractivity contribution is 6.02. The Morgan fingerprint density at radius 2 is 1.71 bits per heavy atom. The van der Waals surface area contributed by atoms with Gasteiger partial charge in [0, 0.05) is 75.1 Å². The van der Waals surface area contributed by atoms with Gasteiger partial charge >= 0.3 is 6.18 Å². The van der Waals surface area contributed by atoms with Gasteiger partial charge in [0.05, 0.1) is 22.7 Å². The normalized spacial score (nSPS) is 13.7. The van der Waals surface area contributed by atoms with E-state index < -0.39 is 17.6 Å². The van der Waals surface area contributed by atoms with Crippen LogP contribution in [0, 0.1) is 11.3 Å². The highest BCUT2D eigenvalue weighted by atomic mass is 19.4. The standard InChI is InChI=1S/C36H31F3N6O3/c1-41-33(46)26-13-12-25(36(37,38)39)19-28(26)27-5-4-14-42-34(27)48-32-7-3-6-30-29(32)20-31(43(30)2)35(47)45-17-15-44(16-18-45)22-24-10-8-23(21-40)9-11-24/h3-14,19-20H,15-18,22H2,1-2H3,(H,41,46). The quantitative estimate of drug-likeness (QED) is 0.223. The number of carbonyl (C=O) groups excluding carboxylic acids is 2. The molecule has 3 aromatic carbocycles. The lowest BCUT2D eigenvalue weighted by molar-refractivity contribution is -0.137. The third-order valence-electron chi connectivity index (χ3n) is 8.50. The van der Waals surface area contributed by atoms with Crippen molar-refractivity contribution < 1.29 is 27.5 Å². The van der Waals surface area contributed by atoms with Crippen molar-refractivity contribution in [2.24, 2.45) is 7.05 Å². The number of benzene rings is 3. The van der Waals surface area contributed by atoms with Crippen molar-refractivity contribution in [1.82, 2.24) is 24.7 Å². The van der Waals surface area contributed by atoms with Crippen molar-refractivity contribution in [1.29, 1.82) is 5.26 Å². The van der Waals surface area contributed by atoms with Gasteiger partial charge in [-0.05, 0) is 66.2 Å². The van der Waals surface area contributed by atoms with Crippen LogP contribution in [0.1, 0.15) is 37.5 Å². The van der Waals surface area contributed by atoms with Crippen molar-refractivity contribution in [3.8, 4) is 28.8 Å². The van der Waals surface area contributed by atoms with Gasteiger partial charge in [0.25, 0.3) is 11.8 Å². The summed E-state index contributed by atoms with van der Waals surface area (Å²) in [5.74, 6) is -0.334. The number of hydrogen-bond acceptors (Lipinski definition) is 6. The molecule has 9 nitrogen and oxygen atoms in total. The number of pyridine rings is 1. The summed E-state index contributed by atoms with van der Waals surface area (Å²) in [5.41, 5.74) is 2.23. The summed E-state index contributed by atoms with van der Waals surface area (Å²) in [7, 11) is 3.20. The minimum absolute atomic E-state index is 0.00425. The van der Waals surface area contributed by atoms with Crippen LogP contribution >= 0.6 is 0 Å². The summed E-state index contributed by atoms with van der Waals surface area (Å²) in [4.78, 5) is 34.8. The fraction of sp³-hybridized carbons (Fsp3) is 0.222. The van der Waals surface area contributed by atoms with E-state index in [-0.39, 0.29) is 28.5 Å². The number of amides is 2. The van der Waals surface area contributed by atoms with Gasteiger partial charge in [0.1, 0.15) is 11.4 Å². The molecular formula is C36H31F3N6O3. The largest absolute Gasteiger partial charge is 0.438 e. The van der Waals surface area contributed by atoms with Crippen molar-refractivity contribution in [2.75, 3.05) is 33.2 Å². The average molecular weight is 653 g/mol. The van der Waals surface area contributed by atoms with E-state index in [2.05, 4.69) is 21.3 Å². The number of hydrogen-bond donors (Lipinski definition) is 1. The van der Waals surface area contributed by atoms with Crippen LogP contribution in [-0.2, 0) is 19.8 Å². The predicted octanol–water partition coefficient (Wildman–Crippen LogP) is 6.24. The van der Waals surface area contributed by atoms with Gasteiger partial charge in [-0.2, -0.15) is 18.4 Å². The molecule has 2 amide bonds. The number of halogens is 3. The van der Waals surface area contributed by atoms with Crippen LogP contribution in [0.4, 0.5) is 13.2 Å². The van der Waals surface area contributed by atoms with Crippen LogP contribution in [0.2, 0.25) is 0 Å².